The van der Waals surface area contributed by atoms with Gasteiger partial charge in [0.1, 0.15) is 0 Å². The van der Waals surface area contributed by atoms with Crippen LogP contribution < -0.4 is 0 Å². The molecular formula is C17H30N4O3S. The molecule has 1 aliphatic rings. The summed E-state index contributed by atoms with van der Waals surface area (Å²) in [5.41, 5.74) is 2.87. The molecular weight excluding hydrogens is 340 g/mol. The van der Waals surface area contributed by atoms with Crippen LogP contribution in [0.1, 0.15) is 41.6 Å². The van der Waals surface area contributed by atoms with Crippen LogP contribution in [0, 0.1) is 13.8 Å². The molecule has 1 aromatic rings. The van der Waals surface area contributed by atoms with Crippen molar-refractivity contribution in [2.24, 2.45) is 0 Å². The Morgan fingerprint density at radius 1 is 1.16 bits per heavy atom. The van der Waals surface area contributed by atoms with E-state index in [0.29, 0.717) is 38.8 Å². The third-order valence-electron chi connectivity index (χ3n) is 4.79. The molecule has 25 heavy (non-hydrogen) atoms. The van der Waals surface area contributed by atoms with E-state index in [1.54, 1.807) is 0 Å². The van der Waals surface area contributed by atoms with Crippen molar-refractivity contribution >= 4 is 16.0 Å². The molecule has 7 nitrogen and oxygen atoms in total. The molecule has 142 valence electrons. The first-order valence-corrected chi connectivity index (χ1v) is 10.1. The van der Waals surface area contributed by atoms with E-state index in [4.69, 9.17) is 0 Å². The summed E-state index contributed by atoms with van der Waals surface area (Å²) in [6.07, 6.45) is 0. The number of carbonyl (C=O) groups is 1. The van der Waals surface area contributed by atoms with Crippen LogP contribution in [0.25, 0.3) is 0 Å². The summed E-state index contributed by atoms with van der Waals surface area (Å²) >= 11 is 0. The quantitative estimate of drug-likeness (QED) is 0.708. The highest BCUT2D eigenvalue weighted by molar-refractivity contribution is 7.86. The minimum Gasteiger partial charge on any atom is -0.346 e. The van der Waals surface area contributed by atoms with Gasteiger partial charge in [0.05, 0.1) is 6.54 Å². The molecule has 1 saturated heterocycles. The zero-order chi connectivity index (χ0) is 18.9. The molecule has 2 rings (SSSR count). The summed E-state index contributed by atoms with van der Waals surface area (Å²) in [5, 5.41) is 0. The summed E-state index contributed by atoms with van der Waals surface area (Å²) in [4.78, 5) is 14.7. The Morgan fingerprint density at radius 3 is 2.16 bits per heavy atom. The standard InChI is InChI=1S/C17H30N4O3S/c1-13(2)21-14(3)11-16(15(21)4)17(22)12-19-7-9-20(10-8-19)25(23,24)18(5)6/h11,13H,7-10,12H2,1-6H3. The van der Waals surface area contributed by atoms with Crippen molar-refractivity contribution in [1.82, 2.24) is 18.1 Å². The van der Waals surface area contributed by atoms with Gasteiger partial charge in [-0.2, -0.15) is 17.0 Å². The normalized spacial score (nSPS) is 17.6. The highest BCUT2D eigenvalue weighted by Crippen LogP contribution is 2.21. The predicted molar refractivity (Wildman–Crippen MR) is 99.2 cm³/mol. The Morgan fingerprint density at radius 2 is 1.72 bits per heavy atom. The Bertz CT molecular complexity index is 729. The fourth-order valence-corrected chi connectivity index (χ4v) is 4.58. The van der Waals surface area contributed by atoms with Crippen LogP contribution in [0.4, 0.5) is 0 Å². The SMILES string of the molecule is Cc1cc(C(=O)CN2CCN(S(=O)(=O)N(C)C)CC2)c(C)n1C(C)C. The molecule has 0 amide bonds. The Balaban J connectivity index is 2.01. The largest absolute Gasteiger partial charge is 0.346 e. The number of aromatic nitrogens is 1. The lowest BCUT2D eigenvalue weighted by Crippen LogP contribution is -2.52. The van der Waals surface area contributed by atoms with Gasteiger partial charge < -0.3 is 4.57 Å². The van der Waals surface area contributed by atoms with Crippen molar-refractivity contribution in [3.8, 4) is 0 Å². The van der Waals surface area contributed by atoms with E-state index < -0.39 is 10.2 Å². The lowest BCUT2D eigenvalue weighted by atomic mass is 10.1. The van der Waals surface area contributed by atoms with Crippen LogP contribution in [-0.4, -0.2) is 79.1 Å². The lowest BCUT2D eigenvalue weighted by Gasteiger charge is -2.34. The van der Waals surface area contributed by atoms with Crippen LogP contribution in [0.2, 0.25) is 0 Å². The van der Waals surface area contributed by atoms with Crippen LogP contribution in [0.3, 0.4) is 0 Å². The van der Waals surface area contributed by atoms with Crippen molar-refractivity contribution < 1.29 is 13.2 Å². The number of hydrogen-bond acceptors (Lipinski definition) is 4. The maximum Gasteiger partial charge on any atom is 0.281 e. The summed E-state index contributed by atoms with van der Waals surface area (Å²) < 4.78 is 29.2. The minimum atomic E-state index is -3.37. The van der Waals surface area contributed by atoms with Crippen LogP contribution in [-0.2, 0) is 10.2 Å². The van der Waals surface area contributed by atoms with E-state index in [1.165, 1.54) is 22.7 Å². The van der Waals surface area contributed by atoms with Gasteiger partial charge in [-0.05, 0) is 33.8 Å². The molecule has 0 radical (unpaired) electrons. The molecule has 1 aromatic heterocycles. The zero-order valence-corrected chi connectivity index (χ0v) is 16.9. The Kier molecular flexibility index (Phi) is 6.09. The smallest absolute Gasteiger partial charge is 0.281 e. The molecule has 0 bridgehead atoms. The molecule has 0 aromatic carbocycles. The van der Waals surface area contributed by atoms with E-state index in [2.05, 4.69) is 18.4 Å². The first kappa shape index (κ1) is 20.1. The Hall–Kier alpha value is -1.22. The van der Waals surface area contributed by atoms with Gasteiger partial charge in [0.25, 0.3) is 10.2 Å². The fourth-order valence-electron chi connectivity index (χ4n) is 3.49. The van der Waals surface area contributed by atoms with Gasteiger partial charge in [-0.25, -0.2) is 0 Å². The summed E-state index contributed by atoms with van der Waals surface area (Å²) in [7, 11) is -0.296. The van der Waals surface area contributed by atoms with Crippen molar-refractivity contribution in [3.63, 3.8) is 0 Å². The van der Waals surface area contributed by atoms with Crippen molar-refractivity contribution in [1.29, 1.82) is 0 Å². The molecule has 8 heteroatoms. The van der Waals surface area contributed by atoms with Gasteiger partial charge in [-0.3, -0.25) is 9.69 Å². The third-order valence-corrected chi connectivity index (χ3v) is 6.73. The number of Topliss-reactive ketones (excluding diaryl/α,β-unsaturated/α-hetero) is 1. The summed E-state index contributed by atoms with van der Waals surface area (Å²) in [6, 6.07) is 2.28. The first-order chi connectivity index (χ1) is 11.6. The molecule has 1 fully saturated rings. The molecule has 0 saturated carbocycles. The number of aryl methyl sites for hydroxylation is 1. The average molecular weight is 371 g/mol. The summed E-state index contributed by atoms with van der Waals surface area (Å²) in [6.45, 7) is 10.5. The number of rotatable bonds is 6. The molecule has 2 heterocycles. The molecule has 0 aliphatic carbocycles. The van der Waals surface area contributed by atoms with Crippen molar-refractivity contribution in [2.45, 2.75) is 33.7 Å². The molecule has 0 spiro atoms. The number of ketones is 1. The maximum atomic E-state index is 12.7. The lowest BCUT2D eigenvalue weighted by molar-refractivity contribution is 0.0899. The highest BCUT2D eigenvalue weighted by Gasteiger charge is 2.29. The molecule has 0 N–H and O–H groups in total. The maximum absolute atomic E-state index is 12.7. The van der Waals surface area contributed by atoms with Crippen LogP contribution in [0.15, 0.2) is 6.07 Å². The Labute approximate surface area is 151 Å². The third kappa shape index (κ3) is 4.13. The second kappa shape index (κ2) is 7.57. The fraction of sp³-hybridized carbons (Fsp3) is 0.706. The highest BCUT2D eigenvalue weighted by atomic mass is 32.2. The predicted octanol–water partition coefficient (Wildman–Crippen LogP) is 1.29. The van der Waals surface area contributed by atoms with Gasteiger partial charge in [0, 0.05) is 63.3 Å². The van der Waals surface area contributed by atoms with Gasteiger partial charge in [0.2, 0.25) is 0 Å². The van der Waals surface area contributed by atoms with Crippen LogP contribution >= 0.6 is 0 Å². The van der Waals surface area contributed by atoms with Crippen LogP contribution in [0.5, 0.6) is 0 Å². The van der Waals surface area contributed by atoms with E-state index in [-0.39, 0.29) is 5.78 Å². The second-order valence-corrected chi connectivity index (χ2v) is 9.28. The number of carbonyl (C=O) groups excluding carboxylic acids is 1. The topological polar surface area (TPSA) is 65.9 Å². The zero-order valence-electron chi connectivity index (χ0n) is 16.1. The van der Waals surface area contributed by atoms with E-state index in [1.807, 2.05) is 24.8 Å². The van der Waals surface area contributed by atoms with E-state index >= 15 is 0 Å². The van der Waals surface area contributed by atoms with Crippen molar-refractivity contribution in [2.75, 3.05) is 46.8 Å². The molecule has 0 atom stereocenters. The first-order valence-electron chi connectivity index (χ1n) is 8.67. The van der Waals surface area contributed by atoms with Crippen molar-refractivity contribution in [3.05, 3.63) is 23.0 Å². The second-order valence-electron chi connectivity index (χ2n) is 7.14. The molecule has 0 unspecified atom stereocenters. The number of nitrogens with zero attached hydrogens (tertiary/aromatic N) is 4. The van der Waals surface area contributed by atoms with Gasteiger partial charge in [-0.1, -0.05) is 0 Å². The van der Waals surface area contributed by atoms with E-state index in [9.17, 15) is 13.2 Å². The average Bonchev–Trinajstić information content (AvgIpc) is 2.82. The molecule has 1 aliphatic heterocycles. The number of piperazine rings is 1. The summed E-state index contributed by atoms with van der Waals surface area (Å²) in [5.74, 6) is 0.101. The van der Waals surface area contributed by atoms with Gasteiger partial charge in [0.15, 0.2) is 5.78 Å². The number of hydrogen-bond donors (Lipinski definition) is 0. The van der Waals surface area contributed by atoms with Gasteiger partial charge >= 0.3 is 0 Å². The van der Waals surface area contributed by atoms with E-state index in [0.717, 1.165) is 17.0 Å². The van der Waals surface area contributed by atoms with Gasteiger partial charge in [-0.15, -0.1) is 0 Å². The minimum absolute atomic E-state index is 0.101. The monoisotopic (exact) mass is 370 g/mol.